The maximum absolute atomic E-state index is 12.5. The highest BCUT2D eigenvalue weighted by atomic mass is 32.1. The topological polar surface area (TPSA) is 64.8 Å². The quantitative estimate of drug-likeness (QED) is 0.712. The summed E-state index contributed by atoms with van der Waals surface area (Å²) < 4.78 is 1.44. The molecule has 5 nitrogen and oxygen atoms in total. The largest absolute Gasteiger partial charge is 0.367 e. The monoisotopic (exact) mass is 359 g/mol. The van der Waals surface area contributed by atoms with Gasteiger partial charge in [-0.25, -0.2) is 4.79 Å². The minimum atomic E-state index is -0.531. The third kappa shape index (κ3) is 3.22. The number of rotatable bonds is 4. The molecular formula is C17H17N3O2S2. The number of ketones is 1. The molecule has 0 radical (unpaired) electrons. The average Bonchev–Trinajstić information content (AvgIpc) is 3.20. The highest BCUT2D eigenvalue weighted by Crippen LogP contribution is 2.32. The fraction of sp³-hybridized carbons (Fsp3) is 0.294. The van der Waals surface area contributed by atoms with Gasteiger partial charge in [-0.2, -0.15) is 22.7 Å². The zero-order chi connectivity index (χ0) is 17.3. The number of carbonyl (C=O) groups is 1. The first kappa shape index (κ1) is 16.7. The van der Waals surface area contributed by atoms with E-state index in [4.69, 9.17) is 0 Å². The van der Waals surface area contributed by atoms with Crippen LogP contribution in [0.3, 0.4) is 0 Å². The fourth-order valence-electron chi connectivity index (χ4n) is 2.23. The second kappa shape index (κ2) is 6.41. The first-order valence-corrected chi connectivity index (χ1v) is 9.32. The summed E-state index contributed by atoms with van der Waals surface area (Å²) in [5, 5.41) is 15.7. The SMILES string of the molecule is CC(C)(C)C(=O)Cn1c(-c2ccsc2)c(-c2ccsc2)nnc1=O. The van der Waals surface area contributed by atoms with E-state index in [1.54, 1.807) is 11.3 Å². The van der Waals surface area contributed by atoms with Gasteiger partial charge in [0.05, 0.1) is 12.2 Å². The molecule has 0 spiro atoms. The highest BCUT2D eigenvalue weighted by Gasteiger charge is 2.25. The molecule has 3 rings (SSSR count). The second-order valence-corrected chi connectivity index (χ2v) is 8.02. The Morgan fingerprint density at radius 1 is 1.08 bits per heavy atom. The Morgan fingerprint density at radius 3 is 2.25 bits per heavy atom. The number of aromatic nitrogens is 3. The minimum absolute atomic E-state index is 0.0137. The predicted molar refractivity (Wildman–Crippen MR) is 97.4 cm³/mol. The molecule has 0 bridgehead atoms. The van der Waals surface area contributed by atoms with Crippen molar-refractivity contribution in [2.75, 3.05) is 0 Å². The van der Waals surface area contributed by atoms with E-state index in [2.05, 4.69) is 10.2 Å². The van der Waals surface area contributed by atoms with E-state index in [-0.39, 0.29) is 12.3 Å². The molecule has 0 aliphatic rings. The molecule has 0 fully saturated rings. The van der Waals surface area contributed by atoms with Gasteiger partial charge in [0.1, 0.15) is 5.69 Å². The van der Waals surface area contributed by atoms with Gasteiger partial charge in [-0.15, -0.1) is 5.10 Å². The Bertz CT molecular complexity index is 904. The van der Waals surface area contributed by atoms with Gasteiger partial charge < -0.3 is 0 Å². The van der Waals surface area contributed by atoms with Crippen LogP contribution in [-0.4, -0.2) is 20.5 Å². The van der Waals surface area contributed by atoms with E-state index in [0.717, 1.165) is 11.1 Å². The molecule has 0 atom stereocenters. The van der Waals surface area contributed by atoms with Crippen molar-refractivity contribution in [3.8, 4) is 22.5 Å². The van der Waals surface area contributed by atoms with Gasteiger partial charge >= 0.3 is 5.69 Å². The van der Waals surface area contributed by atoms with Crippen molar-refractivity contribution < 1.29 is 4.79 Å². The standard InChI is InChI=1S/C17H17N3O2S2/c1-17(2,3)13(21)8-20-15(12-5-7-24-10-12)14(18-19-16(20)22)11-4-6-23-9-11/h4-7,9-10H,8H2,1-3H3. The third-order valence-electron chi connectivity index (χ3n) is 3.69. The second-order valence-electron chi connectivity index (χ2n) is 6.46. The molecule has 0 unspecified atom stereocenters. The van der Waals surface area contributed by atoms with Crippen LogP contribution in [-0.2, 0) is 11.3 Å². The smallest absolute Gasteiger partial charge is 0.297 e. The van der Waals surface area contributed by atoms with Crippen LogP contribution >= 0.6 is 22.7 Å². The Labute approximate surface area is 147 Å². The zero-order valence-electron chi connectivity index (χ0n) is 13.6. The lowest BCUT2D eigenvalue weighted by atomic mass is 9.90. The molecule has 0 amide bonds. The first-order chi connectivity index (χ1) is 11.4. The van der Waals surface area contributed by atoms with Crippen LogP contribution in [0.5, 0.6) is 0 Å². The number of carbonyl (C=O) groups excluding carboxylic acids is 1. The summed E-state index contributed by atoms with van der Waals surface area (Å²) in [5.74, 6) is -0.0228. The Hall–Kier alpha value is -2.12. The summed E-state index contributed by atoms with van der Waals surface area (Å²) in [6.45, 7) is 5.53. The van der Waals surface area contributed by atoms with Crippen molar-refractivity contribution in [2.24, 2.45) is 5.41 Å². The molecule has 0 aliphatic carbocycles. The molecule has 0 saturated heterocycles. The van der Waals surface area contributed by atoms with Crippen molar-refractivity contribution in [3.63, 3.8) is 0 Å². The summed E-state index contributed by atoms with van der Waals surface area (Å²) >= 11 is 3.08. The van der Waals surface area contributed by atoms with Gasteiger partial charge in [-0.05, 0) is 22.9 Å². The van der Waals surface area contributed by atoms with Gasteiger partial charge in [-0.3, -0.25) is 9.36 Å². The van der Waals surface area contributed by atoms with E-state index >= 15 is 0 Å². The van der Waals surface area contributed by atoms with Crippen LogP contribution in [0.4, 0.5) is 0 Å². The lowest BCUT2D eigenvalue weighted by Gasteiger charge is -2.19. The van der Waals surface area contributed by atoms with E-state index < -0.39 is 11.1 Å². The molecule has 0 aliphatic heterocycles. The Morgan fingerprint density at radius 2 is 1.71 bits per heavy atom. The molecule has 3 aromatic heterocycles. The molecule has 7 heteroatoms. The molecule has 0 aromatic carbocycles. The number of nitrogens with zero attached hydrogens (tertiary/aromatic N) is 3. The number of hydrogen-bond acceptors (Lipinski definition) is 6. The van der Waals surface area contributed by atoms with Crippen molar-refractivity contribution in [1.82, 2.24) is 14.8 Å². The van der Waals surface area contributed by atoms with Crippen LogP contribution in [0, 0.1) is 5.41 Å². The van der Waals surface area contributed by atoms with Crippen LogP contribution in [0.1, 0.15) is 20.8 Å². The summed E-state index contributed by atoms with van der Waals surface area (Å²) in [6, 6.07) is 3.86. The summed E-state index contributed by atoms with van der Waals surface area (Å²) in [4.78, 5) is 24.9. The van der Waals surface area contributed by atoms with Gasteiger partial charge in [0, 0.05) is 27.3 Å². The van der Waals surface area contributed by atoms with E-state index in [9.17, 15) is 9.59 Å². The molecule has 124 valence electrons. The molecule has 0 saturated carbocycles. The van der Waals surface area contributed by atoms with Crippen LogP contribution in [0.15, 0.2) is 38.4 Å². The van der Waals surface area contributed by atoms with Gasteiger partial charge in [0.15, 0.2) is 5.78 Å². The maximum Gasteiger partial charge on any atom is 0.367 e. The highest BCUT2D eigenvalue weighted by molar-refractivity contribution is 7.08. The van der Waals surface area contributed by atoms with Crippen LogP contribution in [0.25, 0.3) is 22.5 Å². The molecule has 0 N–H and O–H groups in total. The minimum Gasteiger partial charge on any atom is -0.297 e. The van der Waals surface area contributed by atoms with Crippen molar-refractivity contribution in [3.05, 3.63) is 44.1 Å². The predicted octanol–water partition coefficient (Wildman–Crippen LogP) is 3.71. The van der Waals surface area contributed by atoms with Crippen molar-refractivity contribution in [1.29, 1.82) is 0 Å². The van der Waals surface area contributed by atoms with Gasteiger partial charge in [-0.1, -0.05) is 25.9 Å². The summed E-state index contributed by atoms with van der Waals surface area (Å²) in [7, 11) is 0. The van der Waals surface area contributed by atoms with Crippen molar-refractivity contribution >= 4 is 28.5 Å². The summed E-state index contributed by atoms with van der Waals surface area (Å²) in [6.07, 6.45) is 0. The zero-order valence-corrected chi connectivity index (χ0v) is 15.3. The van der Waals surface area contributed by atoms with E-state index in [0.29, 0.717) is 11.4 Å². The number of hydrogen-bond donors (Lipinski definition) is 0. The lowest BCUT2D eigenvalue weighted by Crippen LogP contribution is -2.33. The molecular weight excluding hydrogens is 342 g/mol. The number of Topliss-reactive ketones (excluding diaryl/α,β-unsaturated/α-hetero) is 1. The van der Waals surface area contributed by atoms with Gasteiger partial charge in [0.25, 0.3) is 0 Å². The van der Waals surface area contributed by atoms with Crippen LogP contribution < -0.4 is 5.69 Å². The van der Waals surface area contributed by atoms with Crippen LogP contribution in [0.2, 0.25) is 0 Å². The molecule has 3 heterocycles. The van der Waals surface area contributed by atoms with Gasteiger partial charge in [0.2, 0.25) is 0 Å². The molecule has 24 heavy (non-hydrogen) atoms. The Kier molecular flexibility index (Phi) is 4.47. The Balaban J connectivity index is 2.22. The third-order valence-corrected chi connectivity index (χ3v) is 5.05. The average molecular weight is 359 g/mol. The fourth-order valence-corrected chi connectivity index (χ4v) is 3.51. The maximum atomic E-state index is 12.5. The summed E-state index contributed by atoms with van der Waals surface area (Å²) in [5.41, 5.74) is 1.99. The normalized spacial score (nSPS) is 11.6. The van der Waals surface area contributed by atoms with Crippen molar-refractivity contribution in [2.45, 2.75) is 27.3 Å². The number of thiophene rings is 2. The lowest BCUT2D eigenvalue weighted by molar-refractivity contribution is -0.126. The van der Waals surface area contributed by atoms with E-state index in [1.165, 1.54) is 15.9 Å². The first-order valence-electron chi connectivity index (χ1n) is 7.44. The molecule has 3 aromatic rings. The van der Waals surface area contributed by atoms with E-state index in [1.807, 2.05) is 54.4 Å².